The van der Waals surface area contributed by atoms with E-state index in [0.29, 0.717) is 18.1 Å². The Morgan fingerprint density at radius 3 is 2.20 bits per heavy atom. The molecular weight excluding hydrogens is 380 g/mol. The fraction of sp³-hybridized carbons (Fsp3) is 0.304. The lowest BCUT2D eigenvalue weighted by atomic mass is 9.63. The number of carbonyl (C=O) groups is 3. The van der Waals surface area contributed by atoms with Crippen molar-refractivity contribution >= 4 is 29.4 Å². The molecule has 2 aromatic rings. The minimum atomic E-state index is -0.352. The number of imide groups is 1. The molecule has 1 saturated heterocycles. The van der Waals surface area contributed by atoms with Crippen molar-refractivity contribution in [2.24, 2.45) is 23.7 Å². The van der Waals surface area contributed by atoms with E-state index in [4.69, 9.17) is 0 Å². The number of urea groups is 1. The Morgan fingerprint density at radius 1 is 0.967 bits per heavy atom. The molecule has 1 saturated carbocycles. The maximum Gasteiger partial charge on any atom is 0.320 e. The Hall–Kier alpha value is -3.48. The van der Waals surface area contributed by atoms with Crippen LogP contribution >= 0.6 is 0 Å². The molecular formula is C23H22N4O3. The van der Waals surface area contributed by atoms with Crippen LogP contribution in [0.4, 0.5) is 16.3 Å². The quantitative estimate of drug-likeness (QED) is 0.607. The number of benzene rings is 1. The van der Waals surface area contributed by atoms with Gasteiger partial charge in [-0.25, -0.2) is 9.78 Å². The molecule has 4 amide bonds. The van der Waals surface area contributed by atoms with Crippen molar-refractivity contribution in [1.82, 2.24) is 10.3 Å². The van der Waals surface area contributed by atoms with Crippen molar-refractivity contribution in [2.75, 3.05) is 10.2 Å². The monoisotopic (exact) mass is 402 g/mol. The lowest BCUT2D eigenvalue weighted by Gasteiger charge is -2.38. The summed E-state index contributed by atoms with van der Waals surface area (Å²) in [5.41, 5.74) is 1.47. The van der Waals surface area contributed by atoms with E-state index in [1.807, 2.05) is 12.1 Å². The van der Waals surface area contributed by atoms with E-state index in [2.05, 4.69) is 27.8 Å². The topological polar surface area (TPSA) is 91.4 Å². The largest absolute Gasteiger partial charge is 0.334 e. The summed E-state index contributed by atoms with van der Waals surface area (Å²) >= 11 is 0. The zero-order valence-corrected chi connectivity index (χ0v) is 16.3. The van der Waals surface area contributed by atoms with Crippen molar-refractivity contribution in [1.29, 1.82) is 0 Å². The van der Waals surface area contributed by atoms with Gasteiger partial charge in [-0.3, -0.25) is 19.8 Å². The van der Waals surface area contributed by atoms with Crippen LogP contribution in [0, 0.1) is 23.7 Å². The maximum absolute atomic E-state index is 13.0. The molecule has 7 nitrogen and oxygen atoms in total. The number of hydrogen-bond donors (Lipinski definition) is 2. The normalized spacial score (nSPS) is 26.6. The molecule has 4 aliphatic rings. The highest BCUT2D eigenvalue weighted by Gasteiger charge is 2.56. The average molecular weight is 402 g/mol. The molecule has 1 aromatic carbocycles. The summed E-state index contributed by atoms with van der Waals surface area (Å²) < 4.78 is 0. The molecule has 2 N–H and O–H groups in total. The number of allylic oxidation sites excluding steroid dienone is 2. The molecule has 3 aliphatic carbocycles. The Morgan fingerprint density at radius 2 is 1.63 bits per heavy atom. The van der Waals surface area contributed by atoms with Crippen LogP contribution in [0.3, 0.4) is 0 Å². The highest BCUT2D eigenvalue weighted by molar-refractivity contribution is 6.22. The number of pyridine rings is 1. The number of amides is 4. The lowest BCUT2D eigenvalue weighted by Crippen LogP contribution is -2.38. The third kappa shape index (κ3) is 3.16. The summed E-state index contributed by atoms with van der Waals surface area (Å²) in [5, 5.41) is 5.43. The van der Waals surface area contributed by atoms with Gasteiger partial charge < -0.3 is 5.32 Å². The van der Waals surface area contributed by atoms with Gasteiger partial charge in [0.15, 0.2) is 0 Å². The first-order valence-corrected chi connectivity index (χ1v) is 10.2. The molecule has 6 rings (SSSR count). The second kappa shape index (κ2) is 7.40. The Bertz CT molecular complexity index is 987. The van der Waals surface area contributed by atoms with E-state index in [1.54, 1.807) is 36.5 Å². The minimum absolute atomic E-state index is 0.0790. The zero-order valence-electron chi connectivity index (χ0n) is 16.3. The lowest BCUT2D eigenvalue weighted by molar-refractivity contribution is -0.124. The summed E-state index contributed by atoms with van der Waals surface area (Å²) in [4.78, 5) is 43.4. The molecule has 4 atom stereocenters. The Balaban J connectivity index is 1.24. The minimum Gasteiger partial charge on any atom is -0.334 e. The number of aromatic nitrogens is 1. The number of carbonyl (C=O) groups excluding carboxylic acids is 3. The fourth-order valence-electron chi connectivity index (χ4n) is 4.87. The van der Waals surface area contributed by atoms with Gasteiger partial charge in [0.25, 0.3) is 0 Å². The predicted molar refractivity (Wildman–Crippen MR) is 111 cm³/mol. The molecule has 1 aliphatic heterocycles. The summed E-state index contributed by atoms with van der Waals surface area (Å²) in [7, 11) is 0. The van der Waals surface area contributed by atoms with E-state index in [9.17, 15) is 14.4 Å². The molecule has 0 spiro atoms. The fourth-order valence-corrected chi connectivity index (χ4v) is 4.87. The molecule has 1 aromatic heterocycles. The van der Waals surface area contributed by atoms with Crippen LogP contribution in [0.5, 0.6) is 0 Å². The molecule has 152 valence electrons. The number of nitrogens with one attached hydrogen (secondary N) is 2. The van der Waals surface area contributed by atoms with Crippen LogP contribution in [-0.4, -0.2) is 22.8 Å². The van der Waals surface area contributed by atoms with Gasteiger partial charge in [-0.05, 0) is 54.5 Å². The van der Waals surface area contributed by atoms with E-state index in [-0.39, 0.29) is 41.5 Å². The highest BCUT2D eigenvalue weighted by Crippen LogP contribution is 2.50. The number of nitrogens with zero attached hydrogens (tertiary/aromatic N) is 2. The highest BCUT2D eigenvalue weighted by atomic mass is 16.2. The van der Waals surface area contributed by atoms with Gasteiger partial charge in [-0.1, -0.05) is 30.4 Å². The SMILES string of the molecule is O=C(NCc1ccc(N2C(=O)C3C4C=CC(CC4)C3C2=O)cc1)Nc1ccccn1. The van der Waals surface area contributed by atoms with Crippen LogP contribution in [0.2, 0.25) is 0 Å². The standard InChI is InChI=1S/C23H22N4O3/c28-21-19-15-6-7-16(9-8-15)20(19)22(29)27(21)17-10-4-14(5-11-17)13-25-23(30)26-18-3-1-2-12-24-18/h1-7,10-12,15-16,19-20H,8-9,13H2,(H2,24,25,26,30). The smallest absolute Gasteiger partial charge is 0.320 e. The Kier molecular flexibility index (Phi) is 4.58. The summed E-state index contributed by atoms with van der Waals surface area (Å²) in [6, 6.07) is 12.1. The molecule has 7 heteroatoms. The van der Waals surface area contributed by atoms with Gasteiger partial charge in [0.2, 0.25) is 11.8 Å². The average Bonchev–Trinajstić information content (AvgIpc) is 3.07. The van der Waals surface area contributed by atoms with Gasteiger partial charge >= 0.3 is 6.03 Å². The second-order valence-corrected chi connectivity index (χ2v) is 8.04. The molecule has 0 radical (unpaired) electrons. The maximum atomic E-state index is 13.0. The molecule has 4 unspecified atom stereocenters. The van der Waals surface area contributed by atoms with Crippen LogP contribution in [0.25, 0.3) is 0 Å². The number of hydrogen-bond acceptors (Lipinski definition) is 4. The summed E-state index contributed by atoms with van der Waals surface area (Å²) in [5.74, 6) is 0.261. The van der Waals surface area contributed by atoms with E-state index in [1.165, 1.54) is 4.90 Å². The first-order valence-electron chi connectivity index (χ1n) is 10.2. The zero-order chi connectivity index (χ0) is 20.7. The number of fused-ring (bicyclic) bond motifs is 1. The molecule has 2 fully saturated rings. The van der Waals surface area contributed by atoms with E-state index < -0.39 is 0 Å². The Labute approximate surface area is 174 Å². The van der Waals surface area contributed by atoms with Crippen molar-refractivity contribution in [2.45, 2.75) is 19.4 Å². The van der Waals surface area contributed by atoms with Gasteiger partial charge in [0.1, 0.15) is 5.82 Å². The van der Waals surface area contributed by atoms with Crippen molar-refractivity contribution in [3.63, 3.8) is 0 Å². The number of rotatable bonds is 4. The van der Waals surface area contributed by atoms with E-state index in [0.717, 1.165) is 18.4 Å². The van der Waals surface area contributed by atoms with Crippen LogP contribution in [0.15, 0.2) is 60.8 Å². The summed E-state index contributed by atoms with van der Waals surface area (Å²) in [6.45, 7) is 0.320. The third-order valence-corrected chi connectivity index (χ3v) is 6.31. The van der Waals surface area contributed by atoms with Gasteiger partial charge in [-0.2, -0.15) is 0 Å². The predicted octanol–water partition coefficient (Wildman–Crippen LogP) is 3.10. The van der Waals surface area contributed by atoms with Gasteiger partial charge in [0.05, 0.1) is 17.5 Å². The first kappa shape index (κ1) is 18.5. The van der Waals surface area contributed by atoms with Crippen molar-refractivity contribution in [3.8, 4) is 0 Å². The van der Waals surface area contributed by atoms with Crippen LogP contribution < -0.4 is 15.5 Å². The van der Waals surface area contributed by atoms with Gasteiger partial charge in [-0.15, -0.1) is 0 Å². The first-order chi connectivity index (χ1) is 14.6. The van der Waals surface area contributed by atoms with Crippen LogP contribution in [0.1, 0.15) is 18.4 Å². The number of anilines is 2. The van der Waals surface area contributed by atoms with Crippen LogP contribution in [-0.2, 0) is 16.1 Å². The van der Waals surface area contributed by atoms with Crippen molar-refractivity contribution < 1.29 is 14.4 Å². The van der Waals surface area contributed by atoms with E-state index >= 15 is 0 Å². The second-order valence-electron chi connectivity index (χ2n) is 8.04. The van der Waals surface area contributed by atoms with Crippen molar-refractivity contribution in [3.05, 3.63) is 66.4 Å². The van der Waals surface area contributed by atoms with Gasteiger partial charge in [0, 0.05) is 12.7 Å². The third-order valence-electron chi connectivity index (χ3n) is 6.31. The molecule has 2 bridgehead atoms. The summed E-state index contributed by atoms with van der Waals surface area (Å²) in [6.07, 6.45) is 7.82. The molecule has 30 heavy (non-hydrogen) atoms. The molecule has 2 heterocycles.